The fourth-order valence-corrected chi connectivity index (χ4v) is 1.03. The van der Waals surface area contributed by atoms with Crippen LogP contribution in [0.25, 0.3) is 0 Å². The summed E-state index contributed by atoms with van der Waals surface area (Å²) in [4.78, 5) is 15.1. The molecular formula is C10H12FNO2. The molecule has 1 rings (SSSR count). The number of hydrogen-bond acceptors (Lipinski definition) is 3. The molecule has 0 N–H and O–H groups in total. The molecule has 3 nitrogen and oxygen atoms in total. The Kier molecular flexibility index (Phi) is 3.56. The van der Waals surface area contributed by atoms with Gasteiger partial charge in [0.25, 0.3) is 0 Å². The van der Waals surface area contributed by atoms with Crippen molar-refractivity contribution in [2.45, 2.75) is 19.8 Å². The number of hydrogen-bond donors (Lipinski definition) is 0. The van der Waals surface area contributed by atoms with Crippen LogP contribution in [0.4, 0.5) is 4.39 Å². The van der Waals surface area contributed by atoms with Crippen molar-refractivity contribution in [3.05, 3.63) is 29.8 Å². The second-order valence-electron chi connectivity index (χ2n) is 2.88. The van der Waals surface area contributed by atoms with Gasteiger partial charge in [-0.2, -0.15) is 0 Å². The summed E-state index contributed by atoms with van der Waals surface area (Å²) in [6.45, 7) is 3.76. The van der Waals surface area contributed by atoms with E-state index in [9.17, 15) is 9.18 Å². The van der Waals surface area contributed by atoms with Crippen LogP contribution in [0.5, 0.6) is 0 Å². The van der Waals surface area contributed by atoms with Gasteiger partial charge in [0.15, 0.2) is 0 Å². The number of carbonyl (C=O) groups is 1. The molecule has 0 saturated carbocycles. The van der Waals surface area contributed by atoms with Crippen LogP contribution in [0.15, 0.2) is 18.3 Å². The second kappa shape index (κ2) is 4.69. The minimum absolute atomic E-state index is 0.338. The van der Waals surface area contributed by atoms with E-state index in [1.165, 1.54) is 12.1 Å². The standard InChI is InChI=1S/C10H12FNO2/c1-3-14-10(13)7(2)9-5-4-8(11)6-12-9/h4-7H,3H2,1-2H3. The molecule has 0 fully saturated rings. The van der Waals surface area contributed by atoms with Crippen molar-refractivity contribution in [2.75, 3.05) is 6.61 Å². The van der Waals surface area contributed by atoms with Gasteiger partial charge >= 0.3 is 5.97 Å². The van der Waals surface area contributed by atoms with E-state index in [1.807, 2.05) is 0 Å². The molecule has 14 heavy (non-hydrogen) atoms. The predicted octanol–water partition coefficient (Wildman–Crippen LogP) is 1.89. The number of pyridine rings is 1. The molecule has 0 spiro atoms. The molecular weight excluding hydrogens is 185 g/mol. The quantitative estimate of drug-likeness (QED) is 0.694. The third-order valence-electron chi connectivity index (χ3n) is 1.83. The van der Waals surface area contributed by atoms with Crippen LogP contribution >= 0.6 is 0 Å². The molecule has 0 aliphatic carbocycles. The van der Waals surface area contributed by atoms with E-state index in [-0.39, 0.29) is 5.97 Å². The van der Waals surface area contributed by atoms with Gasteiger partial charge in [-0.05, 0) is 26.0 Å². The maximum Gasteiger partial charge on any atom is 0.314 e. The summed E-state index contributed by atoms with van der Waals surface area (Å²) < 4.78 is 17.3. The number of esters is 1. The Balaban J connectivity index is 2.73. The first-order chi connectivity index (χ1) is 6.65. The first kappa shape index (κ1) is 10.6. The molecule has 0 bridgehead atoms. The van der Waals surface area contributed by atoms with Crippen molar-refractivity contribution in [2.24, 2.45) is 0 Å². The van der Waals surface area contributed by atoms with Gasteiger partial charge in [-0.1, -0.05) is 0 Å². The van der Waals surface area contributed by atoms with Crippen molar-refractivity contribution in [1.82, 2.24) is 4.98 Å². The number of carbonyl (C=O) groups excluding carboxylic acids is 1. The molecule has 0 aromatic carbocycles. The highest BCUT2D eigenvalue weighted by Gasteiger charge is 2.17. The van der Waals surface area contributed by atoms with Crippen LogP contribution in [0.2, 0.25) is 0 Å². The normalized spacial score (nSPS) is 12.2. The van der Waals surface area contributed by atoms with E-state index in [1.54, 1.807) is 13.8 Å². The van der Waals surface area contributed by atoms with Crippen LogP contribution in [0, 0.1) is 5.82 Å². The minimum Gasteiger partial charge on any atom is -0.465 e. The zero-order valence-corrected chi connectivity index (χ0v) is 8.16. The minimum atomic E-state index is -0.449. The number of rotatable bonds is 3. The Bertz CT molecular complexity index is 310. The lowest BCUT2D eigenvalue weighted by atomic mass is 10.1. The number of nitrogens with zero attached hydrogens (tertiary/aromatic N) is 1. The first-order valence-electron chi connectivity index (χ1n) is 4.43. The van der Waals surface area contributed by atoms with Crippen molar-refractivity contribution >= 4 is 5.97 Å². The lowest BCUT2D eigenvalue weighted by Crippen LogP contribution is -2.14. The molecule has 0 amide bonds. The van der Waals surface area contributed by atoms with E-state index in [4.69, 9.17) is 4.74 Å². The Labute approximate surface area is 81.9 Å². The summed E-state index contributed by atoms with van der Waals surface area (Å²) in [5, 5.41) is 0. The number of ether oxygens (including phenoxy) is 1. The van der Waals surface area contributed by atoms with E-state index < -0.39 is 11.7 Å². The molecule has 1 aromatic heterocycles. The van der Waals surface area contributed by atoms with Gasteiger partial charge in [0.2, 0.25) is 0 Å². The van der Waals surface area contributed by atoms with Gasteiger partial charge in [0, 0.05) is 0 Å². The molecule has 0 aliphatic heterocycles. The van der Waals surface area contributed by atoms with Gasteiger partial charge in [0.05, 0.1) is 24.4 Å². The number of aromatic nitrogens is 1. The van der Waals surface area contributed by atoms with Gasteiger partial charge in [-0.15, -0.1) is 0 Å². The summed E-state index contributed by atoms with van der Waals surface area (Å²) in [5.41, 5.74) is 0.518. The lowest BCUT2D eigenvalue weighted by Gasteiger charge is -2.09. The third-order valence-corrected chi connectivity index (χ3v) is 1.83. The fourth-order valence-electron chi connectivity index (χ4n) is 1.03. The average Bonchev–Trinajstić information content (AvgIpc) is 2.18. The van der Waals surface area contributed by atoms with Crippen LogP contribution in [-0.2, 0) is 9.53 Å². The Morgan fingerprint density at radius 2 is 2.36 bits per heavy atom. The average molecular weight is 197 g/mol. The summed E-state index contributed by atoms with van der Waals surface area (Å²) >= 11 is 0. The fraction of sp³-hybridized carbons (Fsp3) is 0.400. The van der Waals surface area contributed by atoms with Crippen molar-refractivity contribution < 1.29 is 13.9 Å². The maximum absolute atomic E-state index is 12.5. The lowest BCUT2D eigenvalue weighted by molar-refractivity contribution is -0.144. The Hall–Kier alpha value is -1.45. The second-order valence-corrected chi connectivity index (χ2v) is 2.88. The number of halogens is 1. The van der Waals surface area contributed by atoms with E-state index in [0.29, 0.717) is 12.3 Å². The maximum atomic E-state index is 12.5. The molecule has 0 radical (unpaired) electrons. The van der Waals surface area contributed by atoms with Crippen molar-refractivity contribution in [3.8, 4) is 0 Å². The highest BCUT2D eigenvalue weighted by Crippen LogP contribution is 2.14. The molecule has 1 heterocycles. The summed E-state index contributed by atoms with van der Waals surface area (Å²) in [6.07, 6.45) is 1.09. The molecule has 4 heteroatoms. The van der Waals surface area contributed by atoms with Gasteiger partial charge in [-0.25, -0.2) is 4.39 Å². The van der Waals surface area contributed by atoms with Gasteiger partial charge in [-0.3, -0.25) is 9.78 Å². The van der Waals surface area contributed by atoms with E-state index >= 15 is 0 Å². The summed E-state index contributed by atoms with van der Waals surface area (Å²) in [6, 6.07) is 2.76. The molecule has 1 atom stereocenters. The van der Waals surface area contributed by atoms with Gasteiger partial charge < -0.3 is 4.74 Å². The van der Waals surface area contributed by atoms with E-state index in [2.05, 4.69) is 4.98 Å². The zero-order valence-electron chi connectivity index (χ0n) is 8.16. The van der Waals surface area contributed by atoms with Crippen LogP contribution in [0.3, 0.4) is 0 Å². The molecule has 1 aromatic rings. The topological polar surface area (TPSA) is 39.2 Å². The summed E-state index contributed by atoms with van der Waals surface area (Å²) in [5.74, 6) is -1.20. The highest BCUT2D eigenvalue weighted by atomic mass is 19.1. The smallest absolute Gasteiger partial charge is 0.314 e. The predicted molar refractivity (Wildman–Crippen MR) is 49.2 cm³/mol. The van der Waals surface area contributed by atoms with Crippen LogP contribution < -0.4 is 0 Å². The van der Waals surface area contributed by atoms with Crippen LogP contribution in [-0.4, -0.2) is 17.6 Å². The van der Waals surface area contributed by atoms with Crippen molar-refractivity contribution in [1.29, 1.82) is 0 Å². The third kappa shape index (κ3) is 2.52. The van der Waals surface area contributed by atoms with E-state index in [0.717, 1.165) is 6.20 Å². The molecule has 1 unspecified atom stereocenters. The SMILES string of the molecule is CCOC(=O)C(C)c1ccc(F)cn1. The van der Waals surface area contributed by atoms with Gasteiger partial charge in [0.1, 0.15) is 5.82 Å². The van der Waals surface area contributed by atoms with Crippen LogP contribution in [0.1, 0.15) is 25.5 Å². The Morgan fingerprint density at radius 1 is 1.64 bits per heavy atom. The summed E-state index contributed by atoms with van der Waals surface area (Å²) in [7, 11) is 0. The first-order valence-corrected chi connectivity index (χ1v) is 4.43. The van der Waals surface area contributed by atoms with Crippen molar-refractivity contribution in [3.63, 3.8) is 0 Å². The largest absolute Gasteiger partial charge is 0.465 e. The molecule has 76 valence electrons. The monoisotopic (exact) mass is 197 g/mol. The zero-order chi connectivity index (χ0) is 10.6. The highest BCUT2D eigenvalue weighted by molar-refractivity contribution is 5.76. The molecule has 0 aliphatic rings. The molecule has 0 saturated heterocycles. The Morgan fingerprint density at radius 3 is 2.86 bits per heavy atom.